The van der Waals surface area contributed by atoms with Gasteiger partial charge in [-0.15, -0.1) is 0 Å². The molecule has 0 aromatic heterocycles. The minimum atomic E-state index is -3.52. The van der Waals surface area contributed by atoms with E-state index in [-0.39, 0.29) is 30.2 Å². The average Bonchev–Trinajstić information content (AvgIpc) is 3.65. The Kier molecular flexibility index (Phi) is 12.5. The van der Waals surface area contributed by atoms with Gasteiger partial charge in [-0.05, 0) is 71.1 Å². The van der Waals surface area contributed by atoms with Gasteiger partial charge in [-0.1, -0.05) is 52.9 Å². The van der Waals surface area contributed by atoms with Gasteiger partial charge in [0.05, 0.1) is 28.6 Å². The van der Waals surface area contributed by atoms with Crippen LogP contribution in [0.25, 0.3) is 0 Å². The third kappa shape index (κ3) is 10.1. The van der Waals surface area contributed by atoms with E-state index in [1.807, 2.05) is 20.8 Å². The summed E-state index contributed by atoms with van der Waals surface area (Å²) in [6.45, 7) is 10.9. The fourth-order valence-corrected chi connectivity index (χ4v) is 7.64. The lowest BCUT2D eigenvalue weighted by molar-refractivity contribution is -0.142. The maximum atomic E-state index is 13.6. The van der Waals surface area contributed by atoms with Gasteiger partial charge in [0.15, 0.2) is 9.84 Å². The topological polar surface area (TPSA) is 171 Å². The first-order valence-electron chi connectivity index (χ1n) is 16.7. The number of nitrogens with one attached hydrogen (secondary N) is 4. The van der Waals surface area contributed by atoms with Crippen LogP contribution < -0.4 is 21.3 Å². The van der Waals surface area contributed by atoms with Crippen molar-refractivity contribution < 1.29 is 32.4 Å². The van der Waals surface area contributed by atoms with Crippen LogP contribution in [0.15, 0.2) is 0 Å². The van der Waals surface area contributed by atoms with E-state index >= 15 is 0 Å². The van der Waals surface area contributed by atoms with Gasteiger partial charge in [-0.25, -0.2) is 13.2 Å². The van der Waals surface area contributed by atoms with Crippen molar-refractivity contribution in [1.29, 1.82) is 0 Å². The number of hydrogen-bond acceptors (Lipinski definition) is 7. The lowest BCUT2D eigenvalue weighted by Crippen LogP contribution is -2.59. The molecule has 0 aromatic rings. The molecule has 1 heterocycles. The second kappa shape index (κ2) is 15.3. The zero-order chi connectivity index (χ0) is 33.6. The van der Waals surface area contributed by atoms with E-state index in [1.165, 1.54) is 4.90 Å². The first-order chi connectivity index (χ1) is 21.0. The van der Waals surface area contributed by atoms with E-state index in [0.29, 0.717) is 38.6 Å². The molecule has 0 bridgehead atoms. The number of carbonyl (C=O) groups excluding carboxylic acids is 5. The van der Waals surface area contributed by atoms with Crippen LogP contribution in [0, 0.1) is 11.8 Å². The average molecular weight is 654 g/mol. The van der Waals surface area contributed by atoms with E-state index in [0.717, 1.165) is 38.5 Å². The molecule has 3 fully saturated rings. The molecular formula is C32H55N5O7S. The Morgan fingerprint density at radius 1 is 1.00 bits per heavy atom. The largest absolute Gasteiger partial charge is 0.347 e. The van der Waals surface area contributed by atoms with Crippen LogP contribution in [0.4, 0.5) is 4.79 Å². The summed E-state index contributed by atoms with van der Waals surface area (Å²) in [6.07, 6.45) is 7.44. The Morgan fingerprint density at radius 2 is 1.64 bits per heavy atom. The third-order valence-corrected chi connectivity index (χ3v) is 12.3. The van der Waals surface area contributed by atoms with Gasteiger partial charge < -0.3 is 26.2 Å². The van der Waals surface area contributed by atoms with Gasteiger partial charge in [0.2, 0.25) is 17.6 Å². The number of unbranched alkanes of at least 4 members (excludes halogenated alkanes) is 1. The summed E-state index contributed by atoms with van der Waals surface area (Å²) < 4.78 is 25.2. The predicted octanol–water partition coefficient (Wildman–Crippen LogP) is 2.60. The monoisotopic (exact) mass is 653 g/mol. The summed E-state index contributed by atoms with van der Waals surface area (Å²) in [4.78, 5) is 67.0. The van der Waals surface area contributed by atoms with E-state index in [9.17, 15) is 32.4 Å². The molecule has 3 rings (SSSR count). The number of rotatable bonds is 14. The summed E-state index contributed by atoms with van der Waals surface area (Å²) in [6, 6.07) is -2.44. The summed E-state index contributed by atoms with van der Waals surface area (Å²) >= 11 is 0. The zero-order valence-corrected chi connectivity index (χ0v) is 28.8. The molecule has 4 N–H and O–H groups in total. The van der Waals surface area contributed by atoms with Crippen LogP contribution >= 0.6 is 0 Å². The van der Waals surface area contributed by atoms with E-state index in [2.05, 4.69) is 21.3 Å². The third-order valence-electron chi connectivity index (χ3n) is 9.50. The number of nitrogens with zero attached hydrogens (tertiary/aromatic N) is 1. The highest BCUT2D eigenvalue weighted by Crippen LogP contribution is 2.33. The summed E-state index contributed by atoms with van der Waals surface area (Å²) in [5.41, 5.74) is -0.915. The molecule has 2 aliphatic carbocycles. The van der Waals surface area contributed by atoms with Crippen LogP contribution in [0.3, 0.4) is 0 Å². The van der Waals surface area contributed by atoms with Gasteiger partial charge in [0.25, 0.3) is 5.91 Å². The number of sulfone groups is 1. The number of hydrogen-bond donors (Lipinski definition) is 4. The Morgan fingerprint density at radius 3 is 2.20 bits per heavy atom. The Labute approximate surface area is 268 Å². The molecule has 12 nitrogen and oxygen atoms in total. The van der Waals surface area contributed by atoms with Crippen molar-refractivity contribution in [2.24, 2.45) is 11.8 Å². The van der Waals surface area contributed by atoms with Crippen LogP contribution in [0.1, 0.15) is 112 Å². The van der Waals surface area contributed by atoms with Crippen molar-refractivity contribution in [2.75, 3.05) is 18.8 Å². The molecule has 45 heavy (non-hydrogen) atoms. The maximum absolute atomic E-state index is 13.6. The highest BCUT2D eigenvalue weighted by atomic mass is 32.2. The molecule has 13 heteroatoms. The summed E-state index contributed by atoms with van der Waals surface area (Å²) in [5.74, 6) is -2.26. The molecule has 0 aromatic carbocycles. The fraction of sp³-hybridized carbons (Fsp3) is 0.844. The highest BCUT2D eigenvalue weighted by Gasteiger charge is 2.44. The molecule has 0 radical (unpaired) electrons. The van der Waals surface area contributed by atoms with Crippen molar-refractivity contribution in [3.63, 3.8) is 0 Å². The van der Waals surface area contributed by atoms with Gasteiger partial charge in [0.1, 0.15) is 6.04 Å². The number of carbonyl (C=O) groups is 5. The van der Waals surface area contributed by atoms with Crippen molar-refractivity contribution in [3.05, 3.63) is 0 Å². The normalized spacial score (nSPS) is 22.4. The summed E-state index contributed by atoms with van der Waals surface area (Å²) in [5, 5.41) is 11.0. The molecule has 256 valence electrons. The zero-order valence-electron chi connectivity index (χ0n) is 28.0. The van der Waals surface area contributed by atoms with E-state index < -0.39 is 61.7 Å². The SMILES string of the molecule is CCCC[C@H](NC(=O)[C@@H]1C[C@@H](C(C)C)CN1C(=O)CNC(=O)NC1(CS(=O)(=O)C(C)(C)C)CCCCC1)C(=O)C(=O)NC1CC1. The Hall–Kier alpha value is -2.70. The number of ketones is 1. The lowest BCUT2D eigenvalue weighted by atomic mass is 9.83. The molecule has 1 aliphatic heterocycles. The van der Waals surface area contributed by atoms with Crippen molar-refractivity contribution >= 4 is 39.4 Å². The first-order valence-corrected chi connectivity index (χ1v) is 18.4. The quantitative estimate of drug-likeness (QED) is 0.209. The molecule has 0 unspecified atom stereocenters. The van der Waals surface area contributed by atoms with Gasteiger partial charge >= 0.3 is 6.03 Å². The summed E-state index contributed by atoms with van der Waals surface area (Å²) in [7, 11) is -3.52. The minimum absolute atomic E-state index is 0.0132. The number of Topliss-reactive ketones (excluding diaryl/α,β-unsaturated/α-hetero) is 1. The van der Waals surface area contributed by atoms with Crippen molar-refractivity contribution in [2.45, 2.75) is 141 Å². The van der Waals surface area contributed by atoms with Crippen LogP contribution in [0.2, 0.25) is 0 Å². The second-order valence-electron chi connectivity index (χ2n) is 14.6. The molecular weight excluding hydrogens is 598 g/mol. The molecule has 3 atom stereocenters. The number of urea groups is 1. The van der Waals surface area contributed by atoms with E-state index in [4.69, 9.17) is 0 Å². The van der Waals surface area contributed by atoms with Gasteiger partial charge in [-0.2, -0.15) is 0 Å². The maximum Gasteiger partial charge on any atom is 0.315 e. The standard InChI is InChI=1S/C32H55N5O7S/c1-7-8-12-24(27(39)29(41)34-23-13-14-23)35-28(40)25-17-22(21(2)3)19-37(25)26(38)18-33-30(42)36-32(15-10-9-11-16-32)20-45(43,44)31(4,5)6/h21-25H,7-20H2,1-6H3,(H,34,41)(H,35,40)(H2,33,36,42)/t22-,24+,25+/m1/s1. The van der Waals surface area contributed by atoms with Crippen molar-refractivity contribution in [1.82, 2.24) is 26.2 Å². The highest BCUT2D eigenvalue weighted by molar-refractivity contribution is 7.92. The fourth-order valence-electron chi connectivity index (χ4n) is 6.12. The van der Waals surface area contributed by atoms with Gasteiger partial charge in [-0.3, -0.25) is 19.2 Å². The Balaban J connectivity index is 1.67. The van der Waals surface area contributed by atoms with Crippen LogP contribution in [-0.2, 0) is 29.0 Å². The molecule has 2 saturated carbocycles. The number of amides is 5. The molecule has 3 aliphatic rings. The second-order valence-corrected chi connectivity index (χ2v) is 17.4. The number of likely N-dealkylation sites (tertiary alicyclic amines) is 1. The van der Waals surface area contributed by atoms with E-state index in [1.54, 1.807) is 20.8 Å². The van der Waals surface area contributed by atoms with Crippen LogP contribution in [-0.4, -0.2) is 90.1 Å². The first kappa shape index (κ1) is 36.8. The molecule has 0 spiro atoms. The van der Waals surface area contributed by atoms with Crippen molar-refractivity contribution in [3.8, 4) is 0 Å². The molecule has 1 saturated heterocycles. The van der Waals surface area contributed by atoms with Gasteiger partial charge in [0, 0.05) is 12.6 Å². The molecule has 5 amide bonds. The smallest absolute Gasteiger partial charge is 0.315 e. The van der Waals surface area contributed by atoms with Crippen LogP contribution in [0.5, 0.6) is 0 Å². The minimum Gasteiger partial charge on any atom is -0.347 e. The Bertz CT molecular complexity index is 1200. The predicted molar refractivity (Wildman–Crippen MR) is 172 cm³/mol. The lowest BCUT2D eigenvalue weighted by Gasteiger charge is -2.39.